The van der Waals surface area contributed by atoms with Crippen LogP contribution in [-0.2, 0) is 9.47 Å². The Morgan fingerprint density at radius 1 is 1.19 bits per heavy atom. The minimum absolute atomic E-state index is 0.0721. The van der Waals surface area contributed by atoms with Gasteiger partial charge in [-0.2, -0.15) is 0 Å². The van der Waals surface area contributed by atoms with E-state index in [-0.39, 0.29) is 11.6 Å². The average Bonchev–Trinajstić information content (AvgIpc) is 2.49. The van der Waals surface area contributed by atoms with Crippen molar-refractivity contribution in [2.24, 2.45) is 17.2 Å². The van der Waals surface area contributed by atoms with Gasteiger partial charge in [0.2, 0.25) is 0 Å². The van der Waals surface area contributed by atoms with E-state index in [4.69, 9.17) is 15.3 Å². The summed E-state index contributed by atoms with van der Waals surface area (Å²) in [5, 5.41) is 0. The van der Waals surface area contributed by atoms with Gasteiger partial charge >= 0.3 is 0 Å². The molecule has 1 saturated carbocycles. The monoisotopic (exact) mass is 298 g/mol. The average molecular weight is 298 g/mol. The van der Waals surface area contributed by atoms with Gasteiger partial charge < -0.3 is 9.47 Å². The van der Waals surface area contributed by atoms with Gasteiger partial charge in [0.05, 0.1) is 11.6 Å². The topological polar surface area (TPSA) is 56.5 Å². The minimum atomic E-state index is -0.0721. The van der Waals surface area contributed by atoms with E-state index < -0.39 is 0 Å². The number of rotatable bonds is 6. The molecule has 2 fully saturated rings. The van der Waals surface area contributed by atoms with Crippen molar-refractivity contribution >= 4 is 0 Å². The van der Waals surface area contributed by atoms with E-state index in [0.29, 0.717) is 11.3 Å². The fourth-order valence-corrected chi connectivity index (χ4v) is 3.98. The maximum atomic E-state index is 6.28. The Morgan fingerprint density at radius 3 is 2.33 bits per heavy atom. The summed E-state index contributed by atoms with van der Waals surface area (Å²) in [6.07, 6.45) is 8.10. The summed E-state index contributed by atoms with van der Waals surface area (Å²) in [4.78, 5) is 0. The Kier molecular flexibility index (Phi) is 6.06. The number of hydrazine groups is 1. The molecule has 0 aromatic rings. The van der Waals surface area contributed by atoms with E-state index in [2.05, 4.69) is 26.2 Å². The van der Waals surface area contributed by atoms with Gasteiger partial charge in [-0.3, -0.25) is 11.3 Å². The first-order valence-electron chi connectivity index (χ1n) is 8.69. The third-order valence-corrected chi connectivity index (χ3v) is 5.63. The Hall–Kier alpha value is -0.160. The summed E-state index contributed by atoms with van der Waals surface area (Å²) in [7, 11) is 0. The molecule has 21 heavy (non-hydrogen) atoms. The van der Waals surface area contributed by atoms with Gasteiger partial charge in [-0.25, -0.2) is 0 Å². The van der Waals surface area contributed by atoms with Gasteiger partial charge in [0.1, 0.15) is 0 Å². The zero-order valence-corrected chi connectivity index (χ0v) is 14.1. The van der Waals surface area contributed by atoms with Crippen molar-refractivity contribution in [2.75, 3.05) is 19.8 Å². The quantitative estimate of drug-likeness (QED) is 0.584. The smallest absolute Gasteiger partial charge is 0.0848 e. The molecule has 1 unspecified atom stereocenters. The molecular formula is C17H34N2O2. The summed E-state index contributed by atoms with van der Waals surface area (Å²) in [6.45, 7) is 9.40. The molecule has 3 N–H and O–H groups in total. The lowest BCUT2D eigenvalue weighted by Crippen LogP contribution is -2.58. The molecule has 1 aliphatic heterocycles. The maximum absolute atomic E-state index is 6.28. The van der Waals surface area contributed by atoms with Crippen LogP contribution in [0.1, 0.15) is 65.7 Å². The Morgan fingerprint density at radius 2 is 1.81 bits per heavy atom. The first-order valence-corrected chi connectivity index (χ1v) is 8.69. The number of nitrogens with one attached hydrogen (secondary N) is 1. The zero-order valence-electron chi connectivity index (χ0n) is 14.1. The SMILES string of the molecule is CCOC1(C(CC2CCOCC2)NN)CCC(C)(C)CC1. The highest BCUT2D eigenvalue weighted by molar-refractivity contribution is 4.99. The second-order valence-electron chi connectivity index (χ2n) is 7.67. The highest BCUT2D eigenvalue weighted by atomic mass is 16.5. The van der Waals surface area contributed by atoms with E-state index in [9.17, 15) is 0 Å². The van der Waals surface area contributed by atoms with E-state index in [0.717, 1.165) is 51.9 Å². The maximum Gasteiger partial charge on any atom is 0.0848 e. The van der Waals surface area contributed by atoms with E-state index in [1.807, 2.05) is 0 Å². The lowest BCUT2D eigenvalue weighted by Gasteiger charge is -2.48. The molecule has 4 heteroatoms. The largest absolute Gasteiger partial charge is 0.381 e. The molecule has 1 atom stereocenters. The first-order chi connectivity index (χ1) is 10.0. The third-order valence-electron chi connectivity index (χ3n) is 5.63. The van der Waals surface area contributed by atoms with Crippen molar-refractivity contribution in [3.63, 3.8) is 0 Å². The molecule has 2 rings (SSSR count). The molecule has 0 spiro atoms. The summed E-state index contributed by atoms with van der Waals surface area (Å²) in [5.41, 5.74) is 3.48. The highest BCUT2D eigenvalue weighted by Crippen LogP contribution is 2.45. The number of ether oxygens (including phenoxy) is 2. The first kappa shape index (κ1) is 17.2. The van der Waals surface area contributed by atoms with Gasteiger partial charge in [0.25, 0.3) is 0 Å². The normalized spacial score (nSPS) is 27.4. The second-order valence-corrected chi connectivity index (χ2v) is 7.67. The Labute approximate surface area is 130 Å². The molecule has 4 nitrogen and oxygen atoms in total. The number of nitrogens with two attached hydrogens (primary N) is 1. The molecule has 2 aliphatic rings. The van der Waals surface area contributed by atoms with Crippen molar-refractivity contribution in [1.82, 2.24) is 5.43 Å². The van der Waals surface area contributed by atoms with Crippen LogP contribution in [0, 0.1) is 11.3 Å². The van der Waals surface area contributed by atoms with Gasteiger partial charge in [0.15, 0.2) is 0 Å². The van der Waals surface area contributed by atoms with E-state index in [1.54, 1.807) is 0 Å². The molecule has 0 aromatic carbocycles. The van der Waals surface area contributed by atoms with Crippen LogP contribution < -0.4 is 11.3 Å². The predicted molar refractivity (Wildman–Crippen MR) is 85.9 cm³/mol. The molecule has 0 amide bonds. The highest BCUT2D eigenvalue weighted by Gasteiger charge is 2.45. The van der Waals surface area contributed by atoms with Crippen LogP contribution in [0.15, 0.2) is 0 Å². The molecule has 1 aliphatic carbocycles. The summed E-state index contributed by atoms with van der Waals surface area (Å²) < 4.78 is 11.8. The molecule has 1 saturated heterocycles. The molecule has 0 aromatic heterocycles. The Bertz CT molecular complexity index is 304. The van der Waals surface area contributed by atoms with Crippen LogP contribution in [0.25, 0.3) is 0 Å². The molecule has 1 heterocycles. The minimum Gasteiger partial charge on any atom is -0.381 e. The van der Waals surface area contributed by atoms with Gasteiger partial charge in [-0.15, -0.1) is 0 Å². The molecule has 0 radical (unpaired) electrons. The lowest BCUT2D eigenvalue weighted by molar-refractivity contribution is -0.112. The number of hydrogen-bond donors (Lipinski definition) is 2. The van der Waals surface area contributed by atoms with Crippen molar-refractivity contribution < 1.29 is 9.47 Å². The second kappa shape index (κ2) is 7.40. The van der Waals surface area contributed by atoms with E-state index >= 15 is 0 Å². The standard InChI is InChI=1S/C17H34N2O2/c1-4-21-17(9-7-16(2,3)8-10-17)15(19-18)13-14-5-11-20-12-6-14/h14-15,19H,4-13,18H2,1-3H3. The fraction of sp³-hybridized carbons (Fsp3) is 1.00. The van der Waals surface area contributed by atoms with Crippen LogP contribution in [0.4, 0.5) is 0 Å². The van der Waals surface area contributed by atoms with E-state index in [1.165, 1.54) is 12.8 Å². The van der Waals surface area contributed by atoms with Crippen molar-refractivity contribution in [3.05, 3.63) is 0 Å². The molecule has 0 bridgehead atoms. The summed E-state index contributed by atoms with van der Waals surface area (Å²) in [5.74, 6) is 6.66. The van der Waals surface area contributed by atoms with Gasteiger partial charge in [-0.05, 0) is 63.2 Å². The van der Waals surface area contributed by atoms with Crippen LogP contribution in [0.5, 0.6) is 0 Å². The van der Waals surface area contributed by atoms with Gasteiger partial charge in [-0.1, -0.05) is 13.8 Å². The fourth-order valence-electron chi connectivity index (χ4n) is 3.98. The molecule has 124 valence electrons. The van der Waals surface area contributed by atoms with Crippen LogP contribution in [0.3, 0.4) is 0 Å². The lowest BCUT2D eigenvalue weighted by atomic mass is 9.67. The molecular weight excluding hydrogens is 264 g/mol. The van der Waals surface area contributed by atoms with Gasteiger partial charge in [0, 0.05) is 19.8 Å². The third kappa shape index (κ3) is 4.41. The number of hydrogen-bond acceptors (Lipinski definition) is 4. The van der Waals surface area contributed by atoms with Crippen molar-refractivity contribution in [3.8, 4) is 0 Å². The van der Waals surface area contributed by atoms with Crippen LogP contribution in [-0.4, -0.2) is 31.5 Å². The van der Waals surface area contributed by atoms with Crippen molar-refractivity contribution in [1.29, 1.82) is 0 Å². The predicted octanol–water partition coefficient (Wildman–Crippen LogP) is 3.01. The summed E-state index contributed by atoms with van der Waals surface area (Å²) >= 11 is 0. The zero-order chi connectivity index (χ0) is 15.3. The Balaban J connectivity index is 2.03. The summed E-state index contributed by atoms with van der Waals surface area (Å²) in [6, 6.07) is 0.261. The van der Waals surface area contributed by atoms with Crippen LogP contribution >= 0.6 is 0 Å². The van der Waals surface area contributed by atoms with Crippen LogP contribution in [0.2, 0.25) is 0 Å². The van der Waals surface area contributed by atoms with Crippen molar-refractivity contribution in [2.45, 2.75) is 77.4 Å².